The van der Waals surface area contributed by atoms with E-state index in [0.29, 0.717) is 26.5 Å². The maximum atomic E-state index is 14.1. The molecule has 0 saturated heterocycles. The average Bonchev–Trinajstić information content (AvgIpc) is 3.18. The number of hydrogen-bond acceptors (Lipinski definition) is 4. The highest BCUT2D eigenvalue weighted by molar-refractivity contribution is 6.31. The lowest BCUT2D eigenvalue weighted by atomic mass is 9.98. The number of pyridine rings is 1. The normalized spacial score (nSPS) is 18.6. The summed E-state index contributed by atoms with van der Waals surface area (Å²) in [6.07, 6.45) is -4.30. The van der Waals surface area contributed by atoms with Crippen LogP contribution in [-0.4, -0.2) is 27.7 Å². The molecule has 1 aromatic heterocycles. The van der Waals surface area contributed by atoms with Gasteiger partial charge in [0.2, 0.25) is 0 Å². The fraction of sp³-hybridized carbons (Fsp3) is 0.120. The molecule has 8 heteroatoms. The molecule has 1 unspecified atom stereocenters. The SMILES string of the molecule is OC1(C(F)(F)F)CC(c2ccc(-c3ccccc3)cc2)=NN1c1ccnc2cc(Cl)ccc12. The molecule has 0 bridgehead atoms. The summed E-state index contributed by atoms with van der Waals surface area (Å²) in [6.45, 7) is 0. The predicted molar refractivity (Wildman–Crippen MR) is 123 cm³/mol. The summed E-state index contributed by atoms with van der Waals surface area (Å²) in [5, 5.41) is 16.5. The van der Waals surface area contributed by atoms with E-state index in [0.717, 1.165) is 11.1 Å². The van der Waals surface area contributed by atoms with E-state index in [9.17, 15) is 18.3 Å². The second-order valence-electron chi connectivity index (χ2n) is 7.78. The third-order valence-corrected chi connectivity index (χ3v) is 5.91. The number of halogens is 4. The molecule has 2 heterocycles. The standard InChI is InChI=1S/C25H17ClF3N3O/c26-19-10-11-20-21(14-19)30-13-12-23(20)32-24(33,25(27,28)29)15-22(31-32)18-8-6-17(7-9-18)16-4-2-1-3-5-16/h1-14,33H,15H2. The highest BCUT2D eigenvalue weighted by Gasteiger charge is 2.62. The predicted octanol–water partition coefficient (Wildman–Crippen LogP) is 6.42. The van der Waals surface area contributed by atoms with Crippen molar-refractivity contribution < 1.29 is 18.3 Å². The van der Waals surface area contributed by atoms with E-state index in [1.807, 2.05) is 42.5 Å². The molecule has 0 amide bonds. The minimum atomic E-state index is -4.95. The molecule has 3 aromatic carbocycles. The molecule has 1 aliphatic heterocycles. The number of alkyl halides is 3. The average molecular weight is 468 g/mol. The first-order chi connectivity index (χ1) is 15.8. The molecule has 0 fully saturated rings. The summed E-state index contributed by atoms with van der Waals surface area (Å²) in [4.78, 5) is 4.18. The fourth-order valence-corrected chi connectivity index (χ4v) is 4.12. The lowest BCUT2D eigenvalue weighted by molar-refractivity contribution is -0.254. The molecule has 33 heavy (non-hydrogen) atoms. The Balaban J connectivity index is 1.59. The van der Waals surface area contributed by atoms with E-state index < -0.39 is 18.3 Å². The van der Waals surface area contributed by atoms with Crippen LogP contribution in [0.2, 0.25) is 5.02 Å². The molecule has 1 atom stereocenters. The van der Waals surface area contributed by atoms with Crippen LogP contribution >= 0.6 is 11.6 Å². The van der Waals surface area contributed by atoms with Crippen LogP contribution in [0.3, 0.4) is 0 Å². The van der Waals surface area contributed by atoms with Crippen molar-refractivity contribution in [3.8, 4) is 11.1 Å². The van der Waals surface area contributed by atoms with Crippen molar-refractivity contribution in [2.75, 3.05) is 5.01 Å². The van der Waals surface area contributed by atoms with Gasteiger partial charge < -0.3 is 5.11 Å². The number of benzene rings is 3. The molecule has 5 rings (SSSR count). The van der Waals surface area contributed by atoms with E-state index in [1.165, 1.54) is 12.3 Å². The van der Waals surface area contributed by atoms with Crippen LogP contribution < -0.4 is 5.01 Å². The minimum Gasteiger partial charge on any atom is -0.362 e. The third-order valence-electron chi connectivity index (χ3n) is 5.67. The van der Waals surface area contributed by atoms with Crippen LogP contribution in [0, 0.1) is 0 Å². The molecule has 1 N–H and O–H groups in total. The molecule has 0 saturated carbocycles. The number of anilines is 1. The zero-order valence-corrected chi connectivity index (χ0v) is 17.8. The number of rotatable bonds is 3. The van der Waals surface area contributed by atoms with Crippen LogP contribution in [0.4, 0.5) is 18.9 Å². The van der Waals surface area contributed by atoms with E-state index in [-0.39, 0.29) is 11.4 Å². The van der Waals surface area contributed by atoms with Crippen molar-refractivity contribution in [1.29, 1.82) is 0 Å². The number of nitrogens with zero attached hydrogens (tertiary/aromatic N) is 3. The molecule has 166 valence electrons. The number of hydrogen-bond donors (Lipinski definition) is 1. The number of aliphatic hydroxyl groups is 1. The first-order valence-corrected chi connectivity index (χ1v) is 10.5. The first-order valence-electron chi connectivity index (χ1n) is 10.1. The Labute approximate surface area is 192 Å². The Morgan fingerprint density at radius 2 is 1.55 bits per heavy atom. The zero-order valence-electron chi connectivity index (χ0n) is 17.1. The van der Waals surface area contributed by atoms with Gasteiger partial charge in [-0.3, -0.25) is 4.98 Å². The van der Waals surface area contributed by atoms with Gasteiger partial charge in [-0.25, -0.2) is 5.01 Å². The lowest BCUT2D eigenvalue weighted by Crippen LogP contribution is -2.55. The van der Waals surface area contributed by atoms with E-state index >= 15 is 0 Å². The molecule has 0 aliphatic carbocycles. The Bertz CT molecular complexity index is 1360. The largest absolute Gasteiger partial charge is 0.438 e. The Morgan fingerprint density at radius 3 is 2.24 bits per heavy atom. The van der Waals surface area contributed by atoms with Gasteiger partial charge >= 0.3 is 6.18 Å². The molecule has 4 nitrogen and oxygen atoms in total. The minimum absolute atomic E-state index is 0.0902. The van der Waals surface area contributed by atoms with Gasteiger partial charge in [0, 0.05) is 16.6 Å². The smallest absolute Gasteiger partial charge is 0.362 e. The van der Waals surface area contributed by atoms with Crippen molar-refractivity contribution >= 4 is 33.9 Å². The van der Waals surface area contributed by atoms with E-state index in [1.54, 1.807) is 30.3 Å². The first kappa shape index (κ1) is 21.4. The highest BCUT2D eigenvalue weighted by Crippen LogP contribution is 2.45. The second kappa shape index (κ2) is 7.86. The summed E-state index contributed by atoms with van der Waals surface area (Å²) in [5.74, 6) is 0. The van der Waals surface area contributed by atoms with Gasteiger partial charge in [-0.1, -0.05) is 66.2 Å². The zero-order chi connectivity index (χ0) is 23.2. The van der Waals surface area contributed by atoms with Gasteiger partial charge in [-0.05, 0) is 41.0 Å². The van der Waals surface area contributed by atoms with Crippen molar-refractivity contribution in [2.45, 2.75) is 18.3 Å². The Hall–Kier alpha value is -3.42. The quantitative estimate of drug-likeness (QED) is 0.378. The summed E-state index contributed by atoms with van der Waals surface area (Å²) in [6, 6.07) is 22.8. The van der Waals surface area contributed by atoms with Gasteiger partial charge in [0.15, 0.2) is 0 Å². The second-order valence-corrected chi connectivity index (χ2v) is 8.22. The summed E-state index contributed by atoms with van der Waals surface area (Å²) in [5.41, 5.74) is -0.151. The van der Waals surface area contributed by atoms with Crippen LogP contribution in [0.15, 0.2) is 90.2 Å². The summed E-state index contributed by atoms with van der Waals surface area (Å²) >= 11 is 6.01. The maximum Gasteiger partial charge on any atom is 0.438 e. The van der Waals surface area contributed by atoms with Gasteiger partial charge in [-0.15, -0.1) is 0 Å². The van der Waals surface area contributed by atoms with Gasteiger partial charge in [0.05, 0.1) is 23.3 Å². The summed E-state index contributed by atoms with van der Waals surface area (Å²) < 4.78 is 42.4. The molecular weight excluding hydrogens is 451 g/mol. The number of hydrazone groups is 1. The third kappa shape index (κ3) is 3.73. The topological polar surface area (TPSA) is 48.7 Å². The van der Waals surface area contributed by atoms with E-state index in [4.69, 9.17) is 11.6 Å². The Morgan fingerprint density at radius 1 is 0.879 bits per heavy atom. The number of aromatic nitrogens is 1. The van der Waals surface area contributed by atoms with Crippen LogP contribution in [0.5, 0.6) is 0 Å². The number of fused-ring (bicyclic) bond motifs is 1. The van der Waals surface area contributed by atoms with Crippen LogP contribution in [0.25, 0.3) is 22.0 Å². The highest BCUT2D eigenvalue weighted by atomic mass is 35.5. The molecular formula is C25H17ClF3N3O. The maximum absolute atomic E-state index is 14.1. The van der Waals surface area contributed by atoms with E-state index in [2.05, 4.69) is 10.1 Å². The van der Waals surface area contributed by atoms with Crippen molar-refractivity contribution in [2.24, 2.45) is 5.10 Å². The molecule has 0 spiro atoms. The lowest BCUT2D eigenvalue weighted by Gasteiger charge is -2.34. The molecule has 1 aliphatic rings. The van der Waals surface area contributed by atoms with Crippen LogP contribution in [0.1, 0.15) is 12.0 Å². The monoisotopic (exact) mass is 467 g/mol. The van der Waals surface area contributed by atoms with Crippen molar-refractivity contribution in [3.05, 3.63) is 95.6 Å². The van der Waals surface area contributed by atoms with Gasteiger partial charge in [-0.2, -0.15) is 18.3 Å². The van der Waals surface area contributed by atoms with Gasteiger partial charge in [0.25, 0.3) is 5.72 Å². The van der Waals surface area contributed by atoms with Crippen molar-refractivity contribution in [3.63, 3.8) is 0 Å². The molecule has 4 aromatic rings. The van der Waals surface area contributed by atoms with Crippen LogP contribution in [-0.2, 0) is 0 Å². The Kier molecular flexibility index (Phi) is 5.11. The summed E-state index contributed by atoms with van der Waals surface area (Å²) in [7, 11) is 0. The van der Waals surface area contributed by atoms with Crippen molar-refractivity contribution in [1.82, 2.24) is 4.98 Å². The fourth-order valence-electron chi connectivity index (χ4n) is 3.96. The van der Waals surface area contributed by atoms with Gasteiger partial charge in [0.1, 0.15) is 0 Å². The molecule has 0 radical (unpaired) electrons.